The number of rotatable bonds is 14. The molecule has 2 atom stereocenters. The van der Waals surface area contributed by atoms with Crippen LogP contribution in [0.25, 0.3) is 0 Å². The van der Waals surface area contributed by atoms with E-state index >= 15 is 0 Å². The van der Waals surface area contributed by atoms with Crippen molar-refractivity contribution >= 4 is 41.9 Å². The van der Waals surface area contributed by atoms with Crippen molar-refractivity contribution in [3.05, 3.63) is 0 Å². The fourth-order valence-electron chi connectivity index (χ4n) is 2.23. The molecule has 0 aliphatic rings. The van der Waals surface area contributed by atoms with Gasteiger partial charge in [0.25, 0.3) is 0 Å². The molecule has 0 aromatic carbocycles. The van der Waals surface area contributed by atoms with Gasteiger partial charge >= 0.3 is 11.9 Å². The summed E-state index contributed by atoms with van der Waals surface area (Å²) in [5, 5.41) is 15.4. The minimum atomic E-state index is -1.77. The van der Waals surface area contributed by atoms with Crippen LogP contribution in [0.5, 0.6) is 0 Å². The van der Waals surface area contributed by atoms with E-state index in [1.807, 2.05) is 5.32 Å². The highest BCUT2D eigenvalue weighted by molar-refractivity contribution is 6.32. The van der Waals surface area contributed by atoms with Crippen LogP contribution in [0, 0.1) is 0 Å². The summed E-state index contributed by atoms with van der Waals surface area (Å²) in [7, 11) is 0. The van der Waals surface area contributed by atoms with E-state index < -0.39 is 42.3 Å². The monoisotopic (exact) mass is 443 g/mol. The summed E-state index contributed by atoms with van der Waals surface area (Å²) in [4.78, 5) is 64.9. The van der Waals surface area contributed by atoms with Gasteiger partial charge < -0.3 is 48.8 Å². The second-order valence-electron chi connectivity index (χ2n) is 6.26. The van der Waals surface area contributed by atoms with Crippen molar-refractivity contribution in [1.82, 2.24) is 16.0 Å². The van der Waals surface area contributed by atoms with Crippen molar-refractivity contribution in [3.63, 3.8) is 0 Å². The molecular weight excluding hydrogens is 414 g/mol. The lowest BCUT2D eigenvalue weighted by Crippen LogP contribution is -2.51. The molecular formula is C16H29N9O6. The highest BCUT2D eigenvalue weighted by atomic mass is 16.4. The molecule has 0 spiro atoms. The van der Waals surface area contributed by atoms with Gasteiger partial charge in [0.2, 0.25) is 11.8 Å². The number of nitrogens with zero attached hydrogens (tertiary/aromatic N) is 2. The Morgan fingerprint density at radius 2 is 1.45 bits per heavy atom. The Balaban J connectivity index is 4.66. The molecule has 0 saturated heterocycles. The van der Waals surface area contributed by atoms with E-state index in [2.05, 4.69) is 20.6 Å². The summed E-state index contributed by atoms with van der Waals surface area (Å²) >= 11 is 0. The Labute approximate surface area is 178 Å². The van der Waals surface area contributed by atoms with Crippen molar-refractivity contribution in [2.75, 3.05) is 19.6 Å². The van der Waals surface area contributed by atoms with Crippen LogP contribution in [0.15, 0.2) is 9.98 Å². The van der Waals surface area contributed by atoms with E-state index in [9.17, 15) is 24.0 Å². The highest BCUT2D eigenvalue weighted by Crippen LogP contribution is 1.99. The number of hydrogen-bond acceptors (Lipinski definition) is 7. The van der Waals surface area contributed by atoms with Gasteiger partial charge in [-0.15, -0.1) is 0 Å². The number of carboxylic acid groups (broad SMARTS) is 1. The number of nitrogens with one attached hydrogen (secondary N) is 3. The van der Waals surface area contributed by atoms with Crippen molar-refractivity contribution in [2.45, 2.75) is 37.8 Å². The topological polar surface area (TPSA) is 270 Å². The number of carboxylic acids is 1. The molecule has 3 amide bonds. The number of carbonyl (C=O) groups excluding carboxylic acids is 4. The standard InChI is InChI=1S/C16H29N9O6/c17-15(18)21-5-1-3-9(8-26)24-11(27)7-23-12(28)10(25-13(29)14(30)31)4-2-6-22-16(19)20/h8-10H,1-7H2,(H,23,28)(H,24,27)(H,25,29)(H,30,31)(H4,17,18,21)(H4,19,20,22). The van der Waals surface area contributed by atoms with Crippen LogP contribution in [-0.4, -0.2) is 78.7 Å². The number of nitrogens with two attached hydrogens (primary N) is 4. The lowest BCUT2D eigenvalue weighted by atomic mass is 10.1. The van der Waals surface area contributed by atoms with Crippen LogP contribution >= 0.6 is 0 Å². The zero-order valence-electron chi connectivity index (χ0n) is 16.9. The maximum atomic E-state index is 12.3. The quantitative estimate of drug-likeness (QED) is 0.0418. The van der Waals surface area contributed by atoms with E-state index in [0.29, 0.717) is 12.7 Å². The average Bonchev–Trinajstić information content (AvgIpc) is 2.69. The van der Waals surface area contributed by atoms with E-state index in [1.165, 1.54) is 0 Å². The van der Waals surface area contributed by atoms with Crippen LogP contribution < -0.4 is 38.9 Å². The summed E-state index contributed by atoms with van der Waals surface area (Å²) < 4.78 is 0. The molecule has 0 radical (unpaired) electrons. The smallest absolute Gasteiger partial charge is 0.394 e. The molecule has 0 fully saturated rings. The van der Waals surface area contributed by atoms with Crippen molar-refractivity contribution in [1.29, 1.82) is 0 Å². The van der Waals surface area contributed by atoms with Crippen LogP contribution in [0.3, 0.4) is 0 Å². The van der Waals surface area contributed by atoms with Gasteiger partial charge in [0.15, 0.2) is 11.9 Å². The molecule has 31 heavy (non-hydrogen) atoms. The minimum absolute atomic E-state index is 0.0189. The molecule has 0 aliphatic carbocycles. The number of amides is 3. The summed E-state index contributed by atoms with van der Waals surface area (Å²) in [6.07, 6.45) is 1.53. The predicted octanol–water partition coefficient (Wildman–Crippen LogP) is -4.54. The van der Waals surface area contributed by atoms with Gasteiger partial charge in [-0.3, -0.25) is 24.4 Å². The fourth-order valence-corrected chi connectivity index (χ4v) is 2.23. The van der Waals surface area contributed by atoms with Crippen LogP contribution in [-0.2, 0) is 24.0 Å². The third-order valence-electron chi connectivity index (χ3n) is 3.66. The maximum Gasteiger partial charge on any atom is 0.394 e. The first-order valence-corrected chi connectivity index (χ1v) is 9.23. The first kappa shape index (κ1) is 27.1. The van der Waals surface area contributed by atoms with Gasteiger partial charge in [0.1, 0.15) is 12.3 Å². The zero-order chi connectivity index (χ0) is 23.8. The molecule has 0 rings (SSSR count). The second kappa shape index (κ2) is 15.0. The summed E-state index contributed by atoms with van der Waals surface area (Å²) in [6.45, 7) is -0.0646. The Hall–Kier alpha value is -3.91. The molecule has 0 aliphatic heterocycles. The summed E-state index contributed by atoms with van der Waals surface area (Å²) in [5.74, 6) is -4.84. The minimum Gasteiger partial charge on any atom is -0.474 e. The summed E-state index contributed by atoms with van der Waals surface area (Å²) in [5.41, 5.74) is 20.7. The van der Waals surface area contributed by atoms with E-state index in [-0.39, 0.29) is 44.3 Å². The van der Waals surface area contributed by atoms with Gasteiger partial charge in [-0.25, -0.2) is 4.79 Å². The van der Waals surface area contributed by atoms with Gasteiger partial charge in [0.05, 0.1) is 12.6 Å². The third kappa shape index (κ3) is 13.8. The molecule has 0 aromatic rings. The van der Waals surface area contributed by atoms with E-state index in [4.69, 9.17) is 28.0 Å². The number of aldehydes is 1. The Bertz CT molecular complexity index is 702. The number of hydrogen-bond donors (Lipinski definition) is 8. The summed E-state index contributed by atoms with van der Waals surface area (Å²) in [6, 6.07) is -2.03. The number of aliphatic carboxylic acids is 1. The molecule has 0 bridgehead atoms. The molecule has 12 N–H and O–H groups in total. The Morgan fingerprint density at radius 3 is 1.94 bits per heavy atom. The molecule has 174 valence electrons. The Kier molecular flexibility index (Phi) is 13.1. The normalized spacial score (nSPS) is 11.9. The van der Waals surface area contributed by atoms with Gasteiger partial charge in [-0.2, -0.15) is 0 Å². The molecule has 0 saturated carbocycles. The van der Waals surface area contributed by atoms with E-state index in [1.54, 1.807) is 0 Å². The number of carbonyl (C=O) groups is 5. The van der Waals surface area contributed by atoms with E-state index in [0.717, 1.165) is 0 Å². The SMILES string of the molecule is NC(N)=NCCCC(C=O)NC(=O)CNC(=O)C(CCCN=C(N)N)NC(=O)C(=O)O. The van der Waals surface area contributed by atoms with Gasteiger partial charge in [-0.05, 0) is 25.7 Å². The first-order chi connectivity index (χ1) is 14.6. The zero-order valence-corrected chi connectivity index (χ0v) is 16.9. The van der Waals surface area contributed by atoms with Crippen molar-refractivity contribution in [2.24, 2.45) is 32.9 Å². The fraction of sp³-hybridized carbons (Fsp3) is 0.562. The molecule has 15 nitrogen and oxygen atoms in total. The van der Waals surface area contributed by atoms with Crippen LogP contribution in [0.1, 0.15) is 25.7 Å². The van der Waals surface area contributed by atoms with Crippen molar-refractivity contribution < 1.29 is 29.1 Å². The largest absolute Gasteiger partial charge is 0.474 e. The Morgan fingerprint density at radius 1 is 0.903 bits per heavy atom. The molecule has 2 unspecified atom stereocenters. The molecule has 15 heteroatoms. The van der Waals surface area contributed by atoms with Gasteiger partial charge in [0, 0.05) is 13.1 Å². The van der Waals surface area contributed by atoms with Crippen LogP contribution in [0.4, 0.5) is 0 Å². The molecule has 0 heterocycles. The lowest BCUT2D eigenvalue weighted by molar-refractivity contribution is -0.151. The van der Waals surface area contributed by atoms with Crippen molar-refractivity contribution in [3.8, 4) is 0 Å². The molecule has 0 aromatic heterocycles. The predicted molar refractivity (Wildman–Crippen MR) is 110 cm³/mol. The average molecular weight is 443 g/mol. The second-order valence-corrected chi connectivity index (χ2v) is 6.26. The third-order valence-corrected chi connectivity index (χ3v) is 3.66. The first-order valence-electron chi connectivity index (χ1n) is 9.23. The maximum absolute atomic E-state index is 12.3. The number of guanidine groups is 2. The number of aliphatic imine (C=N–C) groups is 2. The van der Waals surface area contributed by atoms with Crippen LogP contribution in [0.2, 0.25) is 0 Å². The van der Waals surface area contributed by atoms with Gasteiger partial charge in [-0.1, -0.05) is 0 Å². The highest BCUT2D eigenvalue weighted by Gasteiger charge is 2.24. The lowest BCUT2D eigenvalue weighted by Gasteiger charge is -2.18.